The molecule has 210 valence electrons. The van der Waals surface area contributed by atoms with Gasteiger partial charge in [0.05, 0.1) is 27.9 Å². The van der Waals surface area contributed by atoms with Crippen LogP contribution in [0, 0.1) is 5.41 Å². The number of nitrogens with one attached hydrogen (secondary N) is 1. The predicted molar refractivity (Wildman–Crippen MR) is 164 cm³/mol. The number of hydrogen-bond acceptors (Lipinski definition) is 3. The molecule has 1 atom stereocenters. The molecule has 0 saturated carbocycles. The van der Waals surface area contributed by atoms with Gasteiger partial charge in [-0.05, 0) is 79.7 Å². The summed E-state index contributed by atoms with van der Waals surface area (Å²) >= 11 is 15.7. The molecule has 2 saturated heterocycles. The molecule has 8 heteroatoms. The van der Waals surface area contributed by atoms with Crippen LogP contribution in [0.15, 0.2) is 77.3 Å². The number of amides is 2. The van der Waals surface area contributed by atoms with E-state index in [0.717, 1.165) is 67.5 Å². The molecule has 2 heterocycles. The average Bonchev–Trinajstić information content (AvgIpc) is 3.25. The molecule has 0 bridgehead atoms. The van der Waals surface area contributed by atoms with E-state index in [2.05, 4.69) is 50.4 Å². The summed E-state index contributed by atoms with van der Waals surface area (Å²) in [5.74, 6) is 0.263. The first kappa shape index (κ1) is 29.1. The van der Waals surface area contributed by atoms with Crippen LogP contribution in [0.4, 0.5) is 0 Å². The first-order chi connectivity index (χ1) is 19.3. The van der Waals surface area contributed by atoms with E-state index in [0.29, 0.717) is 22.5 Å². The zero-order valence-corrected chi connectivity index (χ0v) is 25.5. The van der Waals surface area contributed by atoms with Crippen LogP contribution in [0.1, 0.15) is 48.4 Å². The number of piperidine rings is 1. The minimum absolute atomic E-state index is 0.0488. The molecule has 0 aromatic heterocycles. The van der Waals surface area contributed by atoms with Crippen LogP contribution < -0.4 is 5.32 Å². The molecule has 2 aliphatic rings. The Bertz CT molecular complexity index is 1330. The van der Waals surface area contributed by atoms with Crippen LogP contribution in [-0.4, -0.2) is 47.8 Å². The Morgan fingerprint density at radius 1 is 0.900 bits per heavy atom. The highest BCUT2D eigenvalue weighted by molar-refractivity contribution is 9.10. The second kappa shape index (κ2) is 13.1. The lowest BCUT2D eigenvalue weighted by atomic mass is 9.77. The quantitative estimate of drug-likeness (QED) is 0.272. The summed E-state index contributed by atoms with van der Waals surface area (Å²) in [4.78, 5) is 30.9. The fraction of sp³-hybridized carbons (Fsp3) is 0.375. The fourth-order valence-electron chi connectivity index (χ4n) is 5.92. The Morgan fingerprint density at radius 2 is 1.57 bits per heavy atom. The normalized spacial score (nSPS) is 17.8. The molecule has 0 aliphatic carbocycles. The fourth-order valence-corrected chi connectivity index (χ4v) is 6.51. The minimum Gasteiger partial charge on any atom is -0.349 e. The van der Waals surface area contributed by atoms with E-state index in [9.17, 15) is 9.59 Å². The molecule has 5 nitrogen and oxygen atoms in total. The minimum atomic E-state index is -0.223. The molecule has 2 amide bonds. The van der Waals surface area contributed by atoms with Gasteiger partial charge < -0.3 is 15.1 Å². The molecule has 0 radical (unpaired) electrons. The van der Waals surface area contributed by atoms with Crippen LogP contribution in [0.5, 0.6) is 0 Å². The molecular weight excluding hydrogens is 609 g/mol. The highest BCUT2D eigenvalue weighted by atomic mass is 79.9. The van der Waals surface area contributed by atoms with Crippen molar-refractivity contribution >= 4 is 50.9 Å². The zero-order chi connectivity index (χ0) is 28.1. The third-order valence-electron chi connectivity index (χ3n) is 8.32. The van der Waals surface area contributed by atoms with E-state index in [1.165, 1.54) is 5.56 Å². The second-order valence-electron chi connectivity index (χ2n) is 11.0. The van der Waals surface area contributed by atoms with Crippen LogP contribution in [0.3, 0.4) is 0 Å². The third kappa shape index (κ3) is 7.09. The van der Waals surface area contributed by atoms with E-state index in [4.69, 9.17) is 23.2 Å². The van der Waals surface area contributed by atoms with Crippen LogP contribution in [0.25, 0.3) is 0 Å². The van der Waals surface area contributed by atoms with E-state index < -0.39 is 0 Å². The number of benzene rings is 3. The van der Waals surface area contributed by atoms with Crippen molar-refractivity contribution in [3.8, 4) is 0 Å². The Balaban J connectivity index is 1.15. The number of halogens is 3. The van der Waals surface area contributed by atoms with E-state index in [1.807, 2.05) is 41.3 Å². The van der Waals surface area contributed by atoms with Gasteiger partial charge in [0.25, 0.3) is 0 Å². The third-order valence-corrected chi connectivity index (χ3v) is 9.59. The van der Waals surface area contributed by atoms with Crippen molar-refractivity contribution in [2.45, 2.75) is 44.7 Å². The lowest BCUT2D eigenvalue weighted by Crippen LogP contribution is -2.45. The van der Waals surface area contributed by atoms with Gasteiger partial charge in [-0.25, -0.2) is 0 Å². The van der Waals surface area contributed by atoms with Gasteiger partial charge in [0.1, 0.15) is 0 Å². The highest BCUT2D eigenvalue weighted by Gasteiger charge is 2.47. The second-order valence-corrected chi connectivity index (χ2v) is 12.7. The average molecular weight is 643 g/mol. The smallest absolute Gasteiger partial charge is 0.229 e. The maximum absolute atomic E-state index is 13.5. The van der Waals surface area contributed by atoms with Crippen LogP contribution >= 0.6 is 39.1 Å². The Kier molecular flexibility index (Phi) is 9.52. The van der Waals surface area contributed by atoms with E-state index >= 15 is 0 Å². The summed E-state index contributed by atoms with van der Waals surface area (Å²) < 4.78 is 1.05. The number of carbonyl (C=O) groups excluding carboxylic acids is 2. The number of rotatable bonds is 9. The Hall–Kier alpha value is -2.38. The molecule has 1 unspecified atom stereocenters. The maximum Gasteiger partial charge on any atom is 0.229 e. The molecule has 5 rings (SSSR count). The van der Waals surface area contributed by atoms with Gasteiger partial charge in [-0.3, -0.25) is 9.59 Å². The lowest BCUT2D eigenvalue weighted by molar-refractivity contribution is -0.139. The largest absolute Gasteiger partial charge is 0.349 e. The van der Waals surface area contributed by atoms with Crippen molar-refractivity contribution in [3.05, 3.63) is 104 Å². The molecule has 40 heavy (non-hydrogen) atoms. The summed E-state index contributed by atoms with van der Waals surface area (Å²) in [6, 6.07) is 23.5. The summed E-state index contributed by atoms with van der Waals surface area (Å²) in [7, 11) is 0. The number of hydrogen-bond donors (Lipinski definition) is 1. The number of nitrogens with zero attached hydrogens (tertiary/aromatic N) is 2. The van der Waals surface area contributed by atoms with Crippen LogP contribution in [-0.2, 0) is 22.6 Å². The summed E-state index contributed by atoms with van der Waals surface area (Å²) in [5.41, 5.74) is 2.86. The van der Waals surface area contributed by atoms with Gasteiger partial charge in [-0.1, -0.05) is 87.7 Å². The van der Waals surface area contributed by atoms with Crippen molar-refractivity contribution in [3.63, 3.8) is 0 Å². The molecule has 2 fully saturated rings. The zero-order valence-electron chi connectivity index (χ0n) is 22.4. The van der Waals surface area contributed by atoms with Crippen LogP contribution in [0.2, 0.25) is 10.0 Å². The van der Waals surface area contributed by atoms with Crippen molar-refractivity contribution in [2.75, 3.05) is 26.2 Å². The van der Waals surface area contributed by atoms with Gasteiger partial charge in [0, 0.05) is 24.1 Å². The SMILES string of the molecule is O=C(Cc1ccc(Cl)c(Cl)c1)NC(CCN1CCC2(CC1)CCN(Cc1ccc(Br)cc1)C2=O)c1ccccc1. The lowest BCUT2D eigenvalue weighted by Gasteiger charge is -2.38. The summed E-state index contributed by atoms with van der Waals surface area (Å²) in [5, 5.41) is 4.17. The van der Waals surface area contributed by atoms with Crippen molar-refractivity contribution in [2.24, 2.45) is 5.41 Å². The molecule has 3 aromatic rings. The van der Waals surface area contributed by atoms with Crippen molar-refractivity contribution < 1.29 is 9.59 Å². The van der Waals surface area contributed by atoms with Gasteiger partial charge >= 0.3 is 0 Å². The topological polar surface area (TPSA) is 52.7 Å². The number of likely N-dealkylation sites (tertiary alicyclic amines) is 2. The molecule has 1 N–H and O–H groups in total. The summed E-state index contributed by atoms with van der Waals surface area (Å²) in [6.45, 7) is 4.17. The first-order valence-corrected chi connectivity index (χ1v) is 15.4. The Labute approximate surface area is 255 Å². The summed E-state index contributed by atoms with van der Waals surface area (Å²) in [6.07, 6.45) is 3.76. The molecule has 3 aromatic carbocycles. The van der Waals surface area contributed by atoms with E-state index in [-0.39, 0.29) is 23.8 Å². The van der Waals surface area contributed by atoms with Gasteiger partial charge in [-0.15, -0.1) is 0 Å². The van der Waals surface area contributed by atoms with Crippen molar-refractivity contribution in [1.82, 2.24) is 15.1 Å². The molecular formula is C32H34BrCl2N3O2. The van der Waals surface area contributed by atoms with E-state index in [1.54, 1.807) is 12.1 Å². The van der Waals surface area contributed by atoms with Gasteiger partial charge in [-0.2, -0.15) is 0 Å². The standard InChI is InChI=1S/C32H34BrCl2N3O2/c33-26-9-6-23(7-10-26)22-38-19-15-32(31(38)40)13-17-37(18-14-32)16-12-29(25-4-2-1-3-5-25)36-30(39)21-24-8-11-27(34)28(35)20-24/h1-11,20,29H,12-19,21-22H2,(H,36,39). The van der Waals surface area contributed by atoms with Crippen molar-refractivity contribution in [1.29, 1.82) is 0 Å². The molecule has 2 aliphatic heterocycles. The molecule has 1 spiro atoms. The number of carbonyl (C=O) groups is 2. The van der Waals surface area contributed by atoms with Gasteiger partial charge in [0.15, 0.2) is 0 Å². The Morgan fingerprint density at radius 3 is 2.27 bits per heavy atom. The highest BCUT2D eigenvalue weighted by Crippen LogP contribution is 2.42. The first-order valence-electron chi connectivity index (χ1n) is 13.9. The van der Waals surface area contributed by atoms with Gasteiger partial charge in [0.2, 0.25) is 11.8 Å². The predicted octanol–water partition coefficient (Wildman–Crippen LogP) is 7.06. The monoisotopic (exact) mass is 641 g/mol. The maximum atomic E-state index is 13.5.